The van der Waals surface area contributed by atoms with E-state index in [4.69, 9.17) is 0 Å². The summed E-state index contributed by atoms with van der Waals surface area (Å²) < 4.78 is 11.9. The van der Waals surface area contributed by atoms with Gasteiger partial charge in [0.1, 0.15) is 5.83 Å². The van der Waals surface area contributed by atoms with Crippen LogP contribution in [-0.4, -0.2) is 5.71 Å². The molecule has 0 fully saturated rings. The number of hydrogen-bond donors (Lipinski definition) is 0. The maximum atomic E-state index is 11.9. The molecule has 10 heavy (non-hydrogen) atoms. The fourth-order valence-corrected chi connectivity index (χ4v) is 0.207. The zero-order valence-electron chi connectivity index (χ0n) is 6.82. The lowest BCUT2D eigenvalue weighted by Crippen LogP contribution is -1.86. The van der Waals surface area contributed by atoms with Gasteiger partial charge >= 0.3 is 0 Å². The summed E-state index contributed by atoms with van der Waals surface area (Å²) in [6.45, 7) is 11.8. The third kappa shape index (κ3) is 7.08. The van der Waals surface area contributed by atoms with Gasteiger partial charge in [0.2, 0.25) is 0 Å². The number of halogens is 1. The maximum Gasteiger partial charge on any atom is 0.137 e. The average molecular weight is 143 g/mol. The van der Waals surface area contributed by atoms with E-state index in [0.29, 0.717) is 0 Å². The van der Waals surface area contributed by atoms with Crippen LogP contribution in [0, 0.1) is 0 Å². The number of nitrogens with zero attached hydrogens (tertiary/aromatic N) is 1. The van der Waals surface area contributed by atoms with Crippen LogP contribution in [0.4, 0.5) is 4.39 Å². The predicted octanol–water partition coefficient (Wildman–Crippen LogP) is 3.10. The largest absolute Gasteiger partial charge is 0.259 e. The van der Waals surface area contributed by atoms with Crippen LogP contribution >= 0.6 is 0 Å². The summed E-state index contributed by atoms with van der Waals surface area (Å²) in [5.74, 6) is -0.509. The highest BCUT2D eigenvalue weighted by Gasteiger charge is 1.90. The van der Waals surface area contributed by atoms with Gasteiger partial charge in [-0.15, -0.1) is 0 Å². The molecular weight excluding hydrogens is 129 g/mol. The fourth-order valence-electron chi connectivity index (χ4n) is 0.207. The normalized spacial score (nSPS) is 9.40. The second-order valence-electron chi connectivity index (χ2n) is 1.30. The van der Waals surface area contributed by atoms with Crippen molar-refractivity contribution in [2.45, 2.75) is 20.8 Å². The van der Waals surface area contributed by atoms with E-state index < -0.39 is 5.83 Å². The minimum atomic E-state index is -0.509. The predicted molar refractivity (Wildman–Crippen MR) is 44.9 cm³/mol. The summed E-state index contributed by atoms with van der Waals surface area (Å²) in [5, 5.41) is 0. The molecule has 0 bridgehead atoms. The molecule has 0 aliphatic heterocycles. The van der Waals surface area contributed by atoms with Crippen molar-refractivity contribution in [3.05, 3.63) is 25.2 Å². The first kappa shape index (κ1) is 11.8. The van der Waals surface area contributed by atoms with E-state index >= 15 is 0 Å². The summed E-state index contributed by atoms with van der Waals surface area (Å²) in [6, 6.07) is 0. The summed E-state index contributed by atoms with van der Waals surface area (Å²) in [7, 11) is 0. The quantitative estimate of drug-likeness (QED) is 0.527. The van der Waals surface area contributed by atoms with Crippen molar-refractivity contribution in [1.82, 2.24) is 0 Å². The van der Waals surface area contributed by atoms with Crippen LogP contribution in [0.1, 0.15) is 20.8 Å². The van der Waals surface area contributed by atoms with Crippen molar-refractivity contribution in [2.24, 2.45) is 4.99 Å². The van der Waals surface area contributed by atoms with E-state index in [1.165, 1.54) is 13.1 Å². The standard InChI is InChI=1S/C6H8FN.C2H6/c1-4-8-6(3)5(2)7;1-2/h4H,1-2H2,3H3;1-2H3. The average Bonchev–Trinajstić information content (AvgIpc) is 1.93. The minimum Gasteiger partial charge on any atom is -0.259 e. The van der Waals surface area contributed by atoms with E-state index in [1.54, 1.807) is 0 Å². The summed E-state index contributed by atoms with van der Waals surface area (Å²) in [6.07, 6.45) is 1.28. The number of hydrogen-bond acceptors (Lipinski definition) is 1. The molecule has 0 aliphatic carbocycles. The molecule has 0 amide bonds. The fraction of sp³-hybridized carbons (Fsp3) is 0.375. The Labute approximate surface area is 62.0 Å². The summed E-state index contributed by atoms with van der Waals surface area (Å²) >= 11 is 0. The van der Waals surface area contributed by atoms with Crippen LogP contribution in [0.3, 0.4) is 0 Å². The third-order valence-electron chi connectivity index (χ3n) is 0.678. The molecule has 0 aromatic rings. The lowest BCUT2D eigenvalue weighted by Gasteiger charge is -1.87. The zero-order chi connectivity index (χ0) is 8.57. The van der Waals surface area contributed by atoms with Crippen molar-refractivity contribution < 1.29 is 4.39 Å². The molecule has 0 spiro atoms. The van der Waals surface area contributed by atoms with Crippen LogP contribution in [0.15, 0.2) is 30.2 Å². The Bertz CT molecular complexity index is 136. The monoisotopic (exact) mass is 143 g/mol. The molecule has 58 valence electrons. The van der Waals surface area contributed by atoms with E-state index in [0.717, 1.165) is 0 Å². The number of aliphatic imine (C=N–C) groups is 1. The van der Waals surface area contributed by atoms with Crippen LogP contribution in [0.5, 0.6) is 0 Å². The van der Waals surface area contributed by atoms with Crippen molar-refractivity contribution in [2.75, 3.05) is 0 Å². The highest BCUT2D eigenvalue weighted by atomic mass is 19.1. The molecule has 0 unspecified atom stereocenters. The van der Waals surface area contributed by atoms with Crippen LogP contribution in [0.2, 0.25) is 0 Å². The Morgan fingerprint density at radius 2 is 1.90 bits per heavy atom. The molecule has 0 atom stereocenters. The van der Waals surface area contributed by atoms with Gasteiger partial charge < -0.3 is 0 Å². The first-order valence-electron chi connectivity index (χ1n) is 3.18. The Morgan fingerprint density at radius 3 is 2.00 bits per heavy atom. The van der Waals surface area contributed by atoms with Crippen LogP contribution < -0.4 is 0 Å². The Hall–Kier alpha value is -0.920. The van der Waals surface area contributed by atoms with Gasteiger partial charge in [-0.05, 0) is 6.92 Å². The van der Waals surface area contributed by atoms with Gasteiger partial charge in [-0.2, -0.15) is 0 Å². The molecule has 1 nitrogen and oxygen atoms in total. The number of rotatable bonds is 2. The molecule has 0 aromatic carbocycles. The van der Waals surface area contributed by atoms with Crippen molar-refractivity contribution in [3.63, 3.8) is 0 Å². The highest BCUT2D eigenvalue weighted by molar-refractivity contribution is 5.95. The molecule has 0 saturated heterocycles. The molecule has 0 radical (unpaired) electrons. The first-order valence-corrected chi connectivity index (χ1v) is 3.18. The Morgan fingerprint density at radius 1 is 1.50 bits per heavy atom. The van der Waals surface area contributed by atoms with Crippen LogP contribution in [-0.2, 0) is 0 Å². The van der Waals surface area contributed by atoms with Crippen molar-refractivity contribution in [3.8, 4) is 0 Å². The van der Waals surface area contributed by atoms with Gasteiger partial charge in [-0.25, -0.2) is 4.39 Å². The van der Waals surface area contributed by atoms with Gasteiger partial charge in [-0.3, -0.25) is 4.99 Å². The van der Waals surface area contributed by atoms with Gasteiger partial charge in [0.15, 0.2) is 0 Å². The molecule has 0 rings (SSSR count). The van der Waals surface area contributed by atoms with E-state index in [1.807, 2.05) is 13.8 Å². The summed E-state index contributed by atoms with van der Waals surface area (Å²) in [4.78, 5) is 3.53. The SMILES string of the molecule is C=CN=C(C)C(=C)F.CC. The number of allylic oxidation sites excluding steroid dienone is 1. The lowest BCUT2D eigenvalue weighted by atomic mass is 10.4. The molecule has 0 N–H and O–H groups in total. The van der Waals surface area contributed by atoms with E-state index in [9.17, 15) is 4.39 Å². The molecule has 0 saturated carbocycles. The van der Waals surface area contributed by atoms with Gasteiger partial charge in [-0.1, -0.05) is 27.0 Å². The molecule has 0 aliphatic rings. The van der Waals surface area contributed by atoms with Gasteiger partial charge in [0.25, 0.3) is 0 Å². The molecule has 2 heteroatoms. The third-order valence-corrected chi connectivity index (χ3v) is 0.678. The molecule has 0 heterocycles. The smallest absolute Gasteiger partial charge is 0.137 e. The lowest BCUT2D eigenvalue weighted by molar-refractivity contribution is 0.684. The molecular formula is C8H14FN. The second-order valence-corrected chi connectivity index (χ2v) is 1.30. The maximum absolute atomic E-state index is 11.9. The van der Waals surface area contributed by atoms with Crippen molar-refractivity contribution >= 4 is 5.71 Å². The van der Waals surface area contributed by atoms with Crippen LogP contribution in [0.25, 0.3) is 0 Å². The van der Waals surface area contributed by atoms with Gasteiger partial charge in [0.05, 0.1) is 5.71 Å². The molecule has 0 aromatic heterocycles. The van der Waals surface area contributed by atoms with Gasteiger partial charge in [0, 0.05) is 6.20 Å². The van der Waals surface area contributed by atoms with E-state index in [-0.39, 0.29) is 5.71 Å². The first-order chi connectivity index (χ1) is 4.68. The second kappa shape index (κ2) is 8.08. The summed E-state index contributed by atoms with van der Waals surface area (Å²) in [5.41, 5.74) is 0.278. The van der Waals surface area contributed by atoms with Crippen molar-refractivity contribution in [1.29, 1.82) is 0 Å². The minimum absolute atomic E-state index is 0.278. The Kier molecular flexibility index (Phi) is 9.56. The Balaban J connectivity index is 0. The topological polar surface area (TPSA) is 12.4 Å². The zero-order valence-corrected chi connectivity index (χ0v) is 6.82. The van der Waals surface area contributed by atoms with E-state index in [2.05, 4.69) is 18.2 Å². The highest BCUT2D eigenvalue weighted by Crippen LogP contribution is 1.94.